The van der Waals surface area contributed by atoms with Crippen LogP contribution in [0.4, 0.5) is 39.0 Å². The lowest BCUT2D eigenvalue weighted by Gasteiger charge is -2.09. The average Bonchev–Trinajstić information content (AvgIpc) is 1.62. The van der Waals surface area contributed by atoms with Gasteiger partial charge in [-0.1, -0.05) is 186 Å². The monoisotopic (exact) mass is 1930 g/mol. The molecule has 0 amide bonds. The number of anilines is 3. The van der Waals surface area contributed by atoms with Crippen LogP contribution in [0.1, 0.15) is 22.3 Å². The number of benzene rings is 17. The van der Waals surface area contributed by atoms with Crippen LogP contribution in [-0.4, -0.2) is 31.7 Å². The lowest BCUT2D eigenvalue weighted by Crippen LogP contribution is -1.94. The zero-order chi connectivity index (χ0) is 80.3. The summed E-state index contributed by atoms with van der Waals surface area (Å²) in [6.45, 7) is 0. The molecule has 22 rings (SSSR count). The Hall–Kier alpha value is -12.8. The molecule has 0 fully saturated rings. The highest BCUT2D eigenvalue weighted by molar-refractivity contribution is 14.1. The number of rotatable bonds is 6. The van der Waals surface area contributed by atoms with Gasteiger partial charge < -0.3 is 34.3 Å². The number of nitrogens with zero attached hydrogens (tertiary/aromatic N) is 4. The molecule has 7 nitrogen and oxygen atoms in total. The first-order valence-corrected chi connectivity index (χ1v) is 40.9. The molecule has 0 bridgehead atoms. The van der Waals surface area contributed by atoms with E-state index in [1.54, 1.807) is 12.1 Å². The number of aromatic nitrogens is 5. The third kappa shape index (κ3) is 19.8. The summed E-state index contributed by atoms with van der Waals surface area (Å²) in [5.74, 6) is -1.04. The minimum absolute atomic E-state index is 0. The molecule has 3 radical (unpaired) electrons. The number of aromatic amines is 1. The van der Waals surface area contributed by atoms with E-state index in [1.165, 1.54) is 127 Å². The number of fused-ring (bicyclic) bond motifs is 15. The van der Waals surface area contributed by atoms with Crippen molar-refractivity contribution in [2.45, 2.75) is 22.3 Å². The first kappa shape index (κ1) is 87.6. The zero-order valence-corrected chi connectivity index (χ0v) is 69.6. The highest BCUT2D eigenvalue weighted by atomic mass is 127. The van der Waals surface area contributed by atoms with Gasteiger partial charge in [0.05, 0.1) is 44.1 Å². The predicted molar refractivity (Wildman–Crippen MR) is 530 cm³/mol. The van der Waals surface area contributed by atoms with Crippen LogP contribution in [0.3, 0.4) is 0 Å². The van der Waals surface area contributed by atoms with Crippen LogP contribution in [0.5, 0.6) is 0 Å². The molecule has 0 saturated heterocycles. The Labute approximate surface area is 743 Å². The van der Waals surface area contributed by atoms with Crippen molar-refractivity contribution in [2.24, 2.45) is 0 Å². The van der Waals surface area contributed by atoms with Gasteiger partial charge >= 0.3 is 0 Å². The smallest absolute Gasteiger partial charge is 0.123 e. The topological polar surface area (TPSA) is 73.6 Å². The molecule has 5 aromatic heterocycles. The van der Waals surface area contributed by atoms with Crippen molar-refractivity contribution in [3.8, 4) is 22.7 Å². The summed E-state index contributed by atoms with van der Waals surface area (Å²) < 4.78 is 77.2. The fourth-order valence-corrected chi connectivity index (χ4v) is 16.0. The van der Waals surface area contributed by atoms with Gasteiger partial charge in [0.2, 0.25) is 0 Å². The quantitative estimate of drug-likeness (QED) is 0.0672. The molecular formula is C105H83BF5I3N7. The van der Waals surface area contributed by atoms with Crippen LogP contribution in [0, 0.1) is 39.8 Å². The summed E-state index contributed by atoms with van der Waals surface area (Å²) in [5, 5.41) is 15.7. The maximum Gasteiger partial charge on any atom is 0.123 e. The highest BCUT2D eigenvalue weighted by Crippen LogP contribution is 2.38. The molecule has 597 valence electrons. The van der Waals surface area contributed by atoms with Gasteiger partial charge in [0, 0.05) is 124 Å². The Morgan fingerprint density at radius 3 is 0.769 bits per heavy atom. The molecule has 0 aliphatic rings. The van der Waals surface area contributed by atoms with Crippen LogP contribution in [0.2, 0.25) is 0 Å². The first-order chi connectivity index (χ1) is 57.2. The minimum atomic E-state index is -0.228. The van der Waals surface area contributed by atoms with Gasteiger partial charge in [-0.05, 0) is 310 Å². The van der Waals surface area contributed by atoms with E-state index in [2.05, 4.69) is 272 Å². The second kappa shape index (κ2) is 40.3. The minimum Gasteiger partial charge on any atom is -0.399 e. The van der Waals surface area contributed by atoms with Crippen LogP contribution in [-0.2, 0) is 0 Å². The summed E-state index contributed by atoms with van der Waals surface area (Å²) in [6.07, 6.45) is 0. The van der Waals surface area contributed by atoms with Gasteiger partial charge in [-0.25, -0.2) is 22.0 Å². The number of nitrogens with two attached hydrogens (primary N) is 1. The normalized spacial score (nSPS) is 10.6. The largest absolute Gasteiger partial charge is 0.399 e. The summed E-state index contributed by atoms with van der Waals surface area (Å²) in [4.78, 5) is 3.38. The summed E-state index contributed by atoms with van der Waals surface area (Å²) in [6, 6.07) is 130. The molecular weight excluding hydrogens is 1850 g/mol. The van der Waals surface area contributed by atoms with E-state index in [0.29, 0.717) is 0 Å². The Morgan fingerprint density at radius 2 is 0.463 bits per heavy atom. The summed E-state index contributed by atoms with van der Waals surface area (Å²) in [7, 11) is 0. The van der Waals surface area contributed by atoms with E-state index in [9.17, 15) is 22.0 Å². The maximum atomic E-state index is 13.4. The third-order valence-corrected chi connectivity index (χ3v) is 22.0. The molecule has 0 aliphatic carbocycles. The zero-order valence-electron chi connectivity index (χ0n) is 63.1. The Kier molecular flexibility index (Phi) is 29.2. The van der Waals surface area contributed by atoms with Gasteiger partial charge in [0.15, 0.2) is 0 Å². The number of hydrogen-bond acceptors (Lipinski definition) is 2. The van der Waals surface area contributed by atoms with Crippen molar-refractivity contribution in [1.29, 1.82) is 0 Å². The lowest BCUT2D eigenvalue weighted by atomic mass is 10.1. The predicted octanol–water partition coefficient (Wildman–Crippen LogP) is 31.2. The van der Waals surface area contributed by atoms with E-state index < -0.39 is 0 Å². The molecule has 0 saturated carbocycles. The van der Waals surface area contributed by atoms with E-state index in [-0.39, 0.29) is 59.8 Å². The van der Waals surface area contributed by atoms with Gasteiger partial charge in [-0.2, -0.15) is 0 Å². The van der Waals surface area contributed by atoms with Gasteiger partial charge in [-0.3, -0.25) is 0 Å². The number of nitrogen functional groups attached to an aromatic ring is 1. The standard InChI is InChI=1S/C24H17FN2.2C18H11FIN.C18H12FN.C12H9N.C6H4FI.C6H7N.3CH4.B/c25-17-10-13-20(14-11-17)27-23-9-5-4-8-21(23)22-16-19(12-15-24(22)27)26-18-6-2-1-3-7-18;2*19-12-5-8-14(9-6-12)21-17-4-2-1-3-15(17)16-11-13(20)7-10-18(16)21;19-13-9-11-14(12-10-13)20-17-7-3-1-5-15(17)16-6-2-4-8-18(16)20;1-3-7-11-9(5-1)10-6-2-4-8-12(10)13-11;7-5-1-3-6(8)4-2-5;7-6-4-2-1-3-5-6;;;;/h1-16,26H;2*1-11H;1-12H;1-8,13H;1-4H;1-5H,7H2;3*1H4;. The molecule has 0 unspecified atom stereocenters. The van der Waals surface area contributed by atoms with Crippen LogP contribution < -0.4 is 11.1 Å². The highest BCUT2D eigenvalue weighted by Gasteiger charge is 2.17. The number of para-hydroxylation sites is 9. The number of hydrogen-bond donors (Lipinski definition) is 3. The molecule has 4 N–H and O–H groups in total. The Bertz CT molecular complexity index is 6910. The van der Waals surface area contributed by atoms with E-state index >= 15 is 0 Å². The van der Waals surface area contributed by atoms with E-state index in [0.717, 1.165) is 92.9 Å². The third-order valence-electron chi connectivity index (χ3n) is 19.9. The number of nitrogens with one attached hydrogen (secondary N) is 2. The van der Waals surface area contributed by atoms with Crippen molar-refractivity contribution in [1.82, 2.24) is 23.3 Å². The van der Waals surface area contributed by atoms with Crippen LogP contribution in [0.25, 0.3) is 132 Å². The SMILES string of the molecule is C.C.C.Fc1ccc(-n2c3ccccc3c3cc(I)ccc32)cc1.Fc1ccc(-n2c3ccccc3c3cc(I)ccc32)cc1.Fc1ccc(-n2c3ccccc3c3cc(Nc4ccccc4)ccc32)cc1.Fc1ccc(-n2c3ccccc3c3ccccc32)cc1.Fc1ccc(I)cc1.Nc1ccccc1.[B].c1ccc2c(c1)[nH]c1ccccc12. The molecule has 22 aromatic rings. The maximum absolute atomic E-state index is 13.4. The first-order valence-electron chi connectivity index (χ1n) is 37.7. The number of H-pyrrole nitrogens is 1. The van der Waals surface area contributed by atoms with Crippen LogP contribution >= 0.6 is 67.8 Å². The fourth-order valence-electron chi connectivity index (χ4n) is 14.7. The molecule has 0 atom stereocenters. The van der Waals surface area contributed by atoms with Crippen molar-refractivity contribution in [3.05, 3.63) is 446 Å². The molecule has 5 heterocycles. The van der Waals surface area contributed by atoms with Crippen molar-refractivity contribution < 1.29 is 22.0 Å². The van der Waals surface area contributed by atoms with Gasteiger partial charge in [0.1, 0.15) is 29.1 Å². The second-order valence-corrected chi connectivity index (χ2v) is 31.2. The Morgan fingerprint density at radius 1 is 0.223 bits per heavy atom. The van der Waals surface area contributed by atoms with Crippen molar-refractivity contribution in [2.75, 3.05) is 11.1 Å². The average molecular weight is 1930 g/mol. The Balaban J connectivity index is 0.000000133. The van der Waals surface area contributed by atoms with E-state index in [4.69, 9.17) is 5.73 Å². The molecule has 16 heteroatoms. The molecule has 17 aromatic carbocycles. The van der Waals surface area contributed by atoms with Crippen molar-refractivity contribution in [3.63, 3.8) is 0 Å². The van der Waals surface area contributed by atoms with Crippen LogP contribution in [0.15, 0.2) is 406 Å². The summed E-state index contributed by atoms with van der Waals surface area (Å²) >= 11 is 6.79. The van der Waals surface area contributed by atoms with E-state index in [1.807, 2.05) is 158 Å². The lowest BCUT2D eigenvalue weighted by molar-refractivity contribution is 0.627. The van der Waals surface area contributed by atoms with Gasteiger partial charge in [-0.15, -0.1) is 0 Å². The van der Waals surface area contributed by atoms with Crippen molar-refractivity contribution >= 4 is 202 Å². The molecule has 0 aliphatic heterocycles. The fraction of sp³-hybridized carbons (Fsp3) is 0.0286. The summed E-state index contributed by atoms with van der Waals surface area (Å²) in [5.41, 5.74) is 23.6. The van der Waals surface area contributed by atoms with Gasteiger partial charge in [0.25, 0.3) is 0 Å². The molecule has 0 spiro atoms. The molecule has 121 heavy (non-hydrogen) atoms. The second-order valence-electron chi connectivity index (χ2n) is 27.4. The number of halogens is 8.